The molecule has 6 nitrogen and oxygen atoms in total. The Labute approximate surface area is 109 Å². The molecule has 18 heavy (non-hydrogen) atoms. The predicted molar refractivity (Wildman–Crippen MR) is 66.1 cm³/mol. The Balaban J connectivity index is 3.15. The molecule has 1 aromatic rings. The molecule has 0 bridgehead atoms. The third-order valence-electron chi connectivity index (χ3n) is 2.29. The van der Waals surface area contributed by atoms with Crippen LogP contribution in [0.4, 0.5) is 11.4 Å². The number of alkyl halides is 1. The topological polar surface area (TPSA) is 94.0 Å². The van der Waals surface area contributed by atoms with Gasteiger partial charge in [0.05, 0.1) is 22.9 Å². The molecular formula is C11H9ClN4O2. The number of anilines is 1. The van der Waals surface area contributed by atoms with Gasteiger partial charge in [-0.05, 0) is 12.1 Å². The molecule has 0 aliphatic heterocycles. The van der Waals surface area contributed by atoms with Gasteiger partial charge in [-0.3, -0.25) is 10.1 Å². The number of nitriles is 2. The van der Waals surface area contributed by atoms with Crippen molar-refractivity contribution in [2.45, 2.75) is 5.88 Å². The molecule has 1 rings (SSSR count). The fourth-order valence-electron chi connectivity index (χ4n) is 1.46. The number of halogens is 1. The van der Waals surface area contributed by atoms with Gasteiger partial charge >= 0.3 is 0 Å². The molecule has 0 saturated heterocycles. The zero-order valence-electron chi connectivity index (χ0n) is 9.34. The van der Waals surface area contributed by atoms with Crippen LogP contribution in [0.2, 0.25) is 0 Å². The number of hydrogen-bond acceptors (Lipinski definition) is 5. The van der Waals surface area contributed by atoms with E-state index in [9.17, 15) is 10.1 Å². The first-order chi connectivity index (χ1) is 8.63. The summed E-state index contributed by atoms with van der Waals surface area (Å²) in [5.74, 6) is -0.00288. The molecule has 0 aromatic heterocycles. The van der Waals surface area contributed by atoms with Crippen LogP contribution < -0.4 is 4.90 Å². The second kappa shape index (κ2) is 6.43. The lowest BCUT2D eigenvalue weighted by Crippen LogP contribution is -2.23. The van der Waals surface area contributed by atoms with Crippen molar-refractivity contribution in [2.24, 2.45) is 0 Å². The average molecular weight is 265 g/mol. The van der Waals surface area contributed by atoms with Gasteiger partial charge in [0.1, 0.15) is 13.1 Å². The van der Waals surface area contributed by atoms with Crippen LogP contribution in [0.25, 0.3) is 0 Å². The Bertz CT molecular complexity index is 517. The molecule has 0 N–H and O–H groups in total. The van der Waals surface area contributed by atoms with Crippen molar-refractivity contribution in [1.29, 1.82) is 10.5 Å². The average Bonchev–Trinajstić information content (AvgIpc) is 2.37. The first-order valence-corrected chi connectivity index (χ1v) is 5.49. The highest BCUT2D eigenvalue weighted by atomic mass is 35.5. The van der Waals surface area contributed by atoms with Crippen LogP contribution in [0.5, 0.6) is 0 Å². The zero-order valence-corrected chi connectivity index (χ0v) is 10.1. The summed E-state index contributed by atoms with van der Waals surface area (Å²) in [4.78, 5) is 11.7. The van der Waals surface area contributed by atoms with Crippen molar-refractivity contribution < 1.29 is 4.92 Å². The highest BCUT2D eigenvalue weighted by Gasteiger charge is 2.15. The molecule has 0 unspecified atom stereocenters. The van der Waals surface area contributed by atoms with Gasteiger partial charge in [0.2, 0.25) is 0 Å². The fraction of sp³-hybridized carbons (Fsp3) is 0.273. The summed E-state index contributed by atoms with van der Waals surface area (Å²) >= 11 is 5.65. The molecular weight excluding hydrogens is 256 g/mol. The van der Waals surface area contributed by atoms with Gasteiger partial charge in [0.15, 0.2) is 0 Å². The van der Waals surface area contributed by atoms with Crippen molar-refractivity contribution in [3.05, 3.63) is 33.9 Å². The van der Waals surface area contributed by atoms with E-state index < -0.39 is 4.92 Å². The van der Waals surface area contributed by atoms with E-state index in [4.69, 9.17) is 22.1 Å². The predicted octanol–water partition coefficient (Wildman–Crippen LogP) is 2.19. The second-order valence-electron chi connectivity index (χ2n) is 3.38. The summed E-state index contributed by atoms with van der Waals surface area (Å²) in [6.45, 7) is 0.0696. The molecule has 0 saturated carbocycles. The normalized spacial score (nSPS) is 9.28. The number of benzene rings is 1. The minimum absolute atomic E-state index is 0.00288. The first kappa shape index (κ1) is 13.8. The minimum Gasteiger partial charge on any atom is -0.345 e. The standard InChI is InChI=1S/C11H9ClN4O2/c12-8-9-7-10(1-2-11(9)16(17)18)15(5-3-13)6-4-14/h1-2,7H,5-6,8H2. The van der Waals surface area contributed by atoms with Crippen LogP contribution >= 0.6 is 11.6 Å². The molecule has 0 amide bonds. The van der Waals surface area contributed by atoms with E-state index in [0.717, 1.165) is 0 Å². The molecule has 92 valence electrons. The fourth-order valence-corrected chi connectivity index (χ4v) is 1.68. The summed E-state index contributed by atoms with van der Waals surface area (Å²) in [6, 6.07) is 8.23. The number of hydrogen-bond donors (Lipinski definition) is 0. The van der Waals surface area contributed by atoms with Gasteiger partial charge in [-0.25, -0.2) is 0 Å². The van der Waals surface area contributed by atoms with Crippen LogP contribution in [0.15, 0.2) is 18.2 Å². The van der Waals surface area contributed by atoms with Crippen molar-refractivity contribution in [1.82, 2.24) is 0 Å². The third kappa shape index (κ3) is 3.09. The largest absolute Gasteiger partial charge is 0.345 e. The molecule has 0 radical (unpaired) electrons. The van der Waals surface area contributed by atoms with Crippen molar-refractivity contribution in [2.75, 3.05) is 18.0 Å². The lowest BCUT2D eigenvalue weighted by Gasteiger charge is -2.18. The van der Waals surface area contributed by atoms with Crippen LogP contribution in [0, 0.1) is 32.8 Å². The molecule has 0 aliphatic rings. The third-order valence-corrected chi connectivity index (χ3v) is 2.58. The molecule has 0 spiro atoms. The van der Waals surface area contributed by atoms with Crippen molar-refractivity contribution in [3.8, 4) is 12.1 Å². The highest BCUT2D eigenvalue weighted by Crippen LogP contribution is 2.26. The Hall–Kier alpha value is -2.31. The van der Waals surface area contributed by atoms with Crippen LogP contribution in [-0.4, -0.2) is 18.0 Å². The van der Waals surface area contributed by atoms with E-state index >= 15 is 0 Å². The molecule has 0 fully saturated rings. The first-order valence-electron chi connectivity index (χ1n) is 4.96. The summed E-state index contributed by atoms with van der Waals surface area (Å²) in [7, 11) is 0. The van der Waals surface area contributed by atoms with E-state index in [1.807, 2.05) is 12.1 Å². The maximum Gasteiger partial charge on any atom is 0.273 e. The Morgan fingerprint density at radius 2 is 1.94 bits per heavy atom. The summed E-state index contributed by atoms with van der Waals surface area (Å²) < 4.78 is 0. The van der Waals surface area contributed by atoms with Gasteiger partial charge in [0, 0.05) is 17.3 Å². The maximum atomic E-state index is 10.7. The Kier molecular flexibility index (Phi) is 4.91. The Morgan fingerprint density at radius 3 is 2.39 bits per heavy atom. The van der Waals surface area contributed by atoms with Gasteiger partial charge < -0.3 is 4.90 Å². The van der Waals surface area contributed by atoms with E-state index in [0.29, 0.717) is 11.3 Å². The van der Waals surface area contributed by atoms with E-state index in [-0.39, 0.29) is 24.7 Å². The van der Waals surface area contributed by atoms with Crippen molar-refractivity contribution in [3.63, 3.8) is 0 Å². The number of rotatable bonds is 5. The molecule has 7 heteroatoms. The monoisotopic (exact) mass is 264 g/mol. The van der Waals surface area contributed by atoms with Gasteiger partial charge in [0.25, 0.3) is 5.69 Å². The maximum absolute atomic E-state index is 10.7. The van der Waals surface area contributed by atoms with Crippen LogP contribution in [0.3, 0.4) is 0 Å². The molecule has 0 heterocycles. The van der Waals surface area contributed by atoms with Crippen LogP contribution in [-0.2, 0) is 5.88 Å². The highest BCUT2D eigenvalue weighted by molar-refractivity contribution is 6.17. The lowest BCUT2D eigenvalue weighted by molar-refractivity contribution is -0.385. The number of nitrogens with zero attached hydrogens (tertiary/aromatic N) is 4. The minimum atomic E-state index is -0.513. The number of nitro benzene ring substituents is 1. The zero-order chi connectivity index (χ0) is 13.5. The molecule has 0 aliphatic carbocycles. The molecule has 1 aromatic carbocycles. The van der Waals surface area contributed by atoms with E-state index in [2.05, 4.69) is 0 Å². The smallest absolute Gasteiger partial charge is 0.273 e. The van der Waals surface area contributed by atoms with Gasteiger partial charge in [-0.1, -0.05) is 0 Å². The van der Waals surface area contributed by atoms with Crippen LogP contribution in [0.1, 0.15) is 5.56 Å². The quantitative estimate of drug-likeness (QED) is 0.352. The van der Waals surface area contributed by atoms with Gasteiger partial charge in [-0.15, -0.1) is 11.6 Å². The van der Waals surface area contributed by atoms with E-state index in [1.165, 1.54) is 23.1 Å². The van der Waals surface area contributed by atoms with Gasteiger partial charge in [-0.2, -0.15) is 10.5 Å². The molecule has 0 atom stereocenters. The van der Waals surface area contributed by atoms with E-state index in [1.54, 1.807) is 0 Å². The Morgan fingerprint density at radius 1 is 1.33 bits per heavy atom. The summed E-state index contributed by atoms with van der Waals surface area (Å²) in [6.07, 6.45) is 0. The SMILES string of the molecule is N#CCN(CC#N)c1ccc([N+](=O)[O-])c(CCl)c1. The summed E-state index contributed by atoms with van der Waals surface area (Å²) in [5.41, 5.74) is 0.863. The number of nitro groups is 1. The second-order valence-corrected chi connectivity index (χ2v) is 3.64. The van der Waals surface area contributed by atoms with Crippen molar-refractivity contribution >= 4 is 23.0 Å². The summed E-state index contributed by atoms with van der Waals surface area (Å²) in [5, 5.41) is 28.1. The lowest BCUT2D eigenvalue weighted by atomic mass is 10.1.